The Balaban J connectivity index is 3.08. The molecule has 0 aromatic heterocycles. The van der Waals surface area contributed by atoms with Crippen molar-refractivity contribution in [3.8, 4) is 0 Å². The smallest absolute Gasteiger partial charge is 0.0612 e. The molecule has 0 aliphatic carbocycles. The van der Waals surface area contributed by atoms with Gasteiger partial charge in [0, 0.05) is 0 Å². The van der Waals surface area contributed by atoms with Gasteiger partial charge < -0.3 is 5.11 Å². The third-order valence-corrected chi connectivity index (χ3v) is 1.69. The Morgan fingerprint density at radius 1 is 1.00 bits per heavy atom. The van der Waals surface area contributed by atoms with Crippen LogP contribution in [0.25, 0.3) is 0 Å². The summed E-state index contributed by atoms with van der Waals surface area (Å²) < 4.78 is 0. The van der Waals surface area contributed by atoms with Gasteiger partial charge in [-0.15, -0.1) is 0 Å². The van der Waals surface area contributed by atoms with Gasteiger partial charge in [0.25, 0.3) is 0 Å². The lowest BCUT2D eigenvalue weighted by Crippen LogP contribution is -1.71. The average molecular weight is 168 g/mol. The van der Waals surface area contributed by atoms with Crippen LogP contribution >= 0.6 is 0 Å². The van der Waals surface area contributed by atoms with Crippen LogP contribution in [0.2, 0.25) is 0 Å². The van der Waals surface area contributed by atoms with E-state index in [2.05, 4.69) is 19.1 Å². The molecular formula is C11H20O. The van der Waals surface area contributed by atoms with Gasteiger partial charge in [-0.2, -0.15) is 0 Å². The molecule has 0 radical (unpaired) electrons. The molecule has 0 saturated heterocycles. The van der Waals surface area contributed by atoms with Crippen LogP contribution < -0.4 is 0 Å². The van der Waals surface area contributed by atoms with Gasteiger partial charge in [-0.05, 0) is 19.3 Å². The van der Waals surface area contributed by atoms with E-state index < -0.39 is 0 Å². The normalized spacial score (nSPS) is 11.8. The maximum atomic E-state index is 8.43. The second-order valence-electron chi connectivity index (χ2n) is 2.86. The number of hydrogen-bond donors (Lipinski definition) is 1. The molecule has 0 aromatic carbocycles. The minimum absolute atomic E-state index is 0.156. The fourth-order valence-corrected chi connectivity index (χ4v) is 0.976. The van der Waals surface area contributed by atoms with Crippen molar-refractivity contribution in [1.29, 1.82) is 0 Å². The number of rotatable bonds is 7. The minimum Gasteiger partial charge on any atom is -0.392 e. The summed E-state index contributed by atoms with van der Waals surface area (Å²) in [6, 6.07) is 0. The second kappa shape index (κ2) is 10.4. The van der Waals surface area contributed by atoms with Crippen molar-refractivity contribution < 1.29 is 5.11 Å². The summed E-state index contributed by atoms with van der Waals surface area (Å²) in [5.41, 5.74) is 0. The van der Waals surface area contributed by atoms with Crippen LogP contribution in [-0.2, 0) is 0 Å². The number of aliphatic hydroxyl groups is 1. The van der Waals surface area contributed by atoms with E-state index in [4.69, 9.17) is 5.11 Å². The highest BCUT2D eigenvalue weighted by atomic mass is 16.2. The van der Waals surface area contributed by atoms with Crippen LogP contribution in [0.5, 0.6) is 0 Å². The van der Waals surface area contributed by atoms with Crippen molar-refractivity contribution in [3.05, 3.63) is 24.3 Å². The highest BCUT2D eigenvalue weighted by Crippen LogP contribution is 2.00. The number of hydrogen-bond acceptors (Lipinski definition) is 1. The van der Waals surface area contributed by atoms with Gasteiger partial charge in [0.2, 0.25) is 0 Å². The lowest BCUT2D eigenvalue weighted by Gasteiger charge is -1.90. The number of aliphatic hydroxyl groups excluding tert-OH is 1. The molecule has 0 unspecified atom stereocenters. The van der Waals surface area contributed by atoms with E-state index in [1.807, 2.05) is 6.08 Å². The lowest BCUT2D eigenvalue weighted by molar-refractivity contribution is 0.342. The zero-order valence-electron chi connectivity index (χ0n) is 8.00. The summed E-state index contributed by atoms with van der Waals surface area (Å²) in [7, 11) is 0. The van der Waals surface area contributed by atoms with Crippen LogP contribution in [0, 0.1) is 0 Å². The van der Waals surface area contributed by atoms with Crippen molar-refractivity contribution >= 4 is 0 Å². The van der Waals surface area contributed by atoms with Crippen molar-refractivity contribution in [3.63, 3.8) is 0 Å². The quantitative estimate of drug-likeness (QED) is 0.457. The van der Waals surface area contributed by atoms with Gasteiger partial charge in [-0.3, -0.25) is 0 Å². The molecule has 0 heterocycles. The lowest BCUT2D eigenvalue weighted by atomic mass is 10.2. The summed E-state index contributed by atoms with van der Waals surface area (Å²) >= 11 is 0. The van der Waals surface area contributed by atoms with Crippen LogP contribution in [0.3, 0.4) is 0 Å². The summed E-state index contributed by atoms with van der Waals surface area (Å²) in [6.07, 6.45) is 14.2. The molecule has 0 rings (SSSR count). The van der Waals surface area contributed by atoms with Crippen LogP contribution in [-0.4, -0.2) is 11.7 Å². The fraction of sp³-hybridized carbons (Fsp3) is 0.636. The molecule has 1 nitrogen and oxygen atoms in total. The highest BCUT2D eigenvalue weighted by Gasteiger charge is 1.80. The molecule has 70 valence electrons. The predicted octanol–water partition coefficient (Wildman–Crippen LogP) is 3.06. The van der Waals surface area contributed by atoms with E-state index in [1.54, 1.807) is 6.08 Å². The molecular weight excluding hydrogens is 148 g/mol. The molecule has 0 aliphatic rings. The third-order valence-electron chi connectivity index (χ3n) is 1.69. The van der Waals surface area contributed by atoms with E-state index >= 15 is 0 Å². The number of allylic oxidation sites excluding steroid dienone is 3. The first kappa shape index (κ1) is 11.4. The Morgan fingerprint density at radius 3 is 2.42 bits per heavy atom. The van der Waals surface area contributed by atoms with Crippen molar-refractivity contribution in [1.82, 2.24) is 0 Å². The highest BCUT2D eigenvalue weighted by molar-refractivity contribution is 4.92. The van der Waals surface area contributed by atoms with E-state index in [-0.39, 0.29) is 6.61 Å². The molecule has 12 heavy (non-hydrogen) atoms. The Bertz CT molecular complexity index is 125. The molecule has 0 spiro atoms. The average Bonchev–Trinajstić information content (AvgIpc) is 2.10. The summed E-state index contributed by atoms with van der Waals surface area (Å²) in [5.74, 6) is 0. The fourth-order valence-electron chi connectivity index (χ4n) is 0.976. The maximum absolute atomic E-state index is 8.43. The minimum atomic E-state index is 0.156. The van der Waals surface area contributed by atoms with Crippen molar-refractivity contribution in [2.75, 3.05) is 6.61 Å². The third kappa shape index (κ3) is 9.44. The molecule has 1 heteroatoms. The van der Waals surface area contributed by atoms with E-state index in [1.165, 1.54) is 25.7 Å². The molecule has 0 aliphatic heterocycles. The molecule has 0 amide bonds. The maximum Gasteiger partial charge on any atom is 0.0612 e. The molecule has 0 bridgehead atoms. The Morgan fingerprint density at radius 2 is 1.75 bits per heavy atom. The second-order valence-corrected chi connectivity index (χ2v) is 2.86. The zero-order valence-corrected chi connectivity index (χ0v) is 8.00. The summed E-state index contributed by atoms with van der Waals surface area (Å²) in [5, 5.41) is 8.43. The number of unbranched alkanes of at least 4 members (excludes halogenated alkanes) is 3. The first-order chi connectivity index (χ1) is 5.91. The molecule has 0 saturated carbocycles. The predicted molar refractivity (Wildman–Crippen MR) is 54.1 cm³/mol. The standard InChI is InChI=1S/C11H20O/c1-2-3-4-5-6-7-8-9-10-11-12/h6-7,9-10,12H,2-5,8,11H2,1H3/b7-6+,10-9+. The molecule has 0 fully saturated rings. The van der Waals surface area contributed by atoms with Gasteiger partial charge in [0.05, 0.1) is 6.61 Å². The van der Waals surface area contributed by atoms with E-state index in [9.17, 15) is 0 Å². The van der Waals surface area contributed by atoms with Gasteiger partial charge in [0.1, 0.15) is 0 Å². The van der Waals surface area contributed by atoms with Crippen LogP contribution in [0.1, 0.15) is 39.0 Å². The molecule has 0 atom stereocenters. The molecule has 1 N–H and O–H groups in total. The Hall–Kier alpha value is -0.560. The largest absolute Gasteiger partial charge is 0.392 e. The monoisotopic (exact) mass is 168 g/mol. The van der Waals surface area contributed by atoms with Gasteiger partial charge in [0.15, 0.2) is 0 Å². The van der Waals surface area contributed by atoms with Crippen LogP contribution in [0.15, 0.2) is 24.3 Å². The van der Waals surface area contributed by atoms with Crippen LogP contribution in [0.4, 0.5) is 0 Å². The van der Waals surface area contributed by atoms with Crippen molar-refractivity contribution in [2.45, 2.75) is 39.0 Å². The van der Waals surface area contributed by atoms with Crippen molar-refractivity contribution in [2.24, 2.45) is 0 Å². The van der Waals surface area contributed by atoms with E-state index in [0.29, 0.717) is 0 Å². The van der Waals surface area contributed by atoms with E-state index in [0.717, 1.165) is 6.42 Å². The summed E-state index contributed by atoms with van der Waals surface area (Å²) in [4.78, 5) is 0. The zero-order chi connectivity index (χ0) is 9.07. The van der Waals surface area contributed by atoms with Gasteiger partial charge in [-0.25, -0.2) is 0 Å². The molecule has 0 aromatic rings. The topological polar surface area (TPSA) is 20.2 Å². The summed E-state index contributed by atoms with van der Waals surface area (Å²) in [6.45, 7) is 2.37. The first-order valence-electron chi connectivity index (χ1n) is 4.82. The first-order valence-corrected chi connectivity index (χ1v) is 4.82. The Labute approximate surface area is 75.8 Å². The van der Waals surface area contributed by atoms with Gasteiger partial charge >= 0.3 is 0 Å². The Kier molecular flexibility index (Phi) is 9.95. The SMILES string of the molecule is CCCCC/C=C/C/C=C/CO. The van der Waals surface area contributed by atoms with Gasteiger partial charge in [-0.1, -0.05) is 44.1 Å².